The van der Waals surface area contributed by atoms with Crippen LogP contribution in [0.25, 0.3) is 0 Å². The van der Waals surface area contributed by atoms with Crippen molar-refractivity contribution in [2.24, 2.45) is 5.73 Å². The zero-order valence-corrected chi connectivity index (χ0v) is 15.1. The number of hydrogen-bond donors (Lipinski definition) is 7. The van der Waals surface area contributed by atoms with E-state index in [1.807, 2.05) is 0 Å². The van der Waals surface area contributed by atoms with Gasteiger partial charge in [0.2, 0.25) is 12.0 Å². The van der Waals surface area contributed by atoms with Crippen molar-refractivity contribution in [2.75, 3.05) is 6.61 Å². The number of carbonyl (C=O) groups is 1. The molecule has 2 aliphatic heterocycles. The third kappa shape index (κ3) is 6.01. The lowest BCUT2D eigenvalue weighted by molar-refractivity contribution is -0.523. The van der Waals surface area contributed by atoms with E-state index in [-0.39, 0.29) is 0 Å². The highest BCUT2D eigenvalue weighted by molar-refractivity contribution is 7.80. The van der Waals surface area contributed by atoms with Crippen molar-refractivity contribution in [1.82, 2.24) is 0 Å². The molecule has 168 valence electrons. The van der Waals surface area contributed by atoms with Crippen LogP contribution in [0.15, 0.2) is 11.8 Å². The monoisotopic (exact) mass is 449 g/mol. The molecule has 17 heteroatoms. The largest absolute Gasteiger partial charge is 0.475 e. The van der Waals surface area contributed by atoms with Crippen LogP contribution in [0.5, 0.6) is 0 Å². The Kier molecular flexibility index (Phi) is 7.84. The first kappa shape index (κ1) is 23.8. The quantitative estimate of drug-likeness (QED) is 0.106. The van der Waals surface area contributed by atoms with Crippen LogP contribution in [0.2, 0.25) is 0 Å². The number of aliphatic hydroxyl groups is 3. The first-order chi connectivity index (χ1) is 13.4. The van der Waals surface area contributed by atoms with Crippen LogP contribution in [0.1, 0.15) is 0 Å². The van der Waals surface area contributed by atoms with Gasteiger partial charge >= 0.3 is 16.4 Å². The second kappa shape index (κ2) is 9.55. The molecule has 1 saturated heterocycles. The Morgan fingerprint density at radius 2 is 1.90 bits per heavy atom. The molecule has 2 aliphatic rings. The summed E-state index contributed by atoms with van der Waals surface area (Å²) in [6.07, 6.45) is -11.4. The van der Waals surface area contributed by atoms with Gasteiger partial charge in [-0.05, 0) is 6.08 Å². The van der Waals surface area contributed by atoms with E-state index >= 15 is 0 Å². The summed E-state index contributed by atoms with van der Waals surface area (Å²) in [5, 5.41) is 50.7. The summed E-state index contributed by atoms with van der Waals surface area (Å²) in [5.41, 5.74) is 5.65. The van der Waals surface area contributed by atoms with Crippen LogP contribution in [-0.4, -0.2) is 100 Å². The number of aliphatic hydroxyl groups excluding tert-OH is 3. The third-order valence-electron chi connectivity index (χ3n) is 3.94. The third-order valence-corrected chi connectivity index (χ3v) is 4.38. The van der Waals surface area contributed by atoms with Crippen LogP contribution >= 0.6 is 0 Å². The normalized spacial score (nSPS) is 38.2. The minimum Gasteiger partial charge on any atom is -0.475 e. The minimum absolute atomic E-state index is 0.698. The number of carboxylic acids is 1. The first-order valence-corrected chi connectivity index (χ1v) is 9.12. The zero-order chi connectivity index (χ0) is 21.9. The summed E-state index contributed by atoms with van der Waals surface area (Å²) in [4.78, 5) is 15.6. The number of carboxylic acid groups (broad SMARTS) is 1. The predicted molar refractivity (Wildman–Crippen MR) is 82.4 cm³/mol. The zero-order valence-electron chi connectivity index (χ0n) is 14.2. The van der Waals surface area contributed by atoms with Gasteiger partial charge in [-0.15, -0.1) is 0 Å². The lowest BCUT2D eigenvalue weighted by atomic mass is 9.97. The Morgan fingerprint density at radius 3 is 2.45 bits per heavy atom. The van der Waals surface area contributed by atoms with Crippen molar-refractivity contribution in [2.45, 2.75) is 49.1 Å². The lowest BCUT2D eigenvalue weighted by Gasteiger charge is -2.43. The van der Waals surface area contributed by atoms with Gasteiger partial charge in [0, 0.05) is 0 Å². The van der Waals surface area contributed by atoms with E-state index in [4.69, 9.17) is 34.9 Å². The number of ether oxygens (including phenoxy) is 3. The Bertz CT molecular complexity index is 712. The lowest BCUT2D eigenvalue weighted by Crippen LogP contribution is -2.65. The van der Waals surface area contributed by atoms with Gasteiger partial charge < -0.3 is 40.4 Å². The highest BCUT2D eigenvalue weighted by Gasteiger charge is 2.50. The fourth-order valence-corrected chi connectivity index (χ4v) is 2.90. The molecule has 29 heavy (non-hydrogen) atoms. The number of aliphatic carboxylic acids is 1. The van der Waals surface area contributed by atoms with E-state index < -0.39 is 77.9 Å². The molecule has 0 radical (unpaired) electrons. The fourth-order valence-electron chi connectivity index (χ4n) is 2.59. The summed E-state index contributed by atoms with van der Waals surface area (Å²) < 4.78 is 49.8. The maximum absolute atomic E-state index is 11.1. The SMILES string of the molecule is NC1C(O)OC(COS(=O)(=O)O)[C@@H](O[C@@H]2OC(C(=O)O)=C[C@H](O)C2O)[C@@H]1OOO. The second-order valence-corrected chi connectivity index (χ2v) is 6.99. The molecule has 16 nitrogen and oxygen atoms in total. The van der Waals surface area contributed by atoms with Gasteiger partial charge in [0.25, 0.3) is 0 Å². The molecule has 2 heterocycles. The molecule has 0 bridgehead atoms. The van der Waals surface area contributed by atoms with E-state index in [0.717, 1.165) is 0 Å². The number of rotatable bonds is 8. The summed E-state index contributed by atoms with van der Waals surface area (Å²) in [7, 11) is -4.96. The van der Waals surface area contributed by atoms with E-state index in [9.17, 15) is 28.5 Å². The molecule has 0 amide bonds. The Balaban J connectivity index is 2.28. The van der Waals surface area contributed by atoms with Crippen LogP contribution in [0.3, 0.4) is 0 Å². The van der Waals surface area contributed by atoms with Gasteiger partial charge in [0.1, 0.15) is 30.5 Å². The molecule has 0 aromatic heterocycles. The second-order valence-electron chi connectivity index (χ2n) is 5.89. The van der Waals surface area contributed by atoms with Gasteiger partial charge in [0.05, 0.1) is 12.6 Å². The van der Waals surface area contributed by atoms with E-state index in [0.29, 0.717) is 6.08 Å². The molecule has 0 aromatic carbocycles. The van der Waals surface area contributed by atoms with Gasteiger partial charge in [-0.25, -0.2) is 14.2 Å². The molecule has 4 unspecified atom stereocenters. The van der Waals surface area contributed by atoms with Gasteiger partial charge in [-0.2, -0.15) is 13.3 Å². The van der Waals surface area contributed by atoms with Crippen molar-refractivity contribution in [3.63, 3.8) is 0 Å². The predicted octanol–water partition coefficient (Wildman–Crippen LogP) is -3.93. The maximum atomic E-state index is 11.1. The van der Waals surface area contributed by atoms with E-state index in [2.05, 4.69) is 14.1 Å². The topological polar surface area (TPSA) is 254 Å². The summed E-state index contributed by atoms with van der Waals surface area (Å²) in [6.45, 7) is -0.981. The van der Waals surface area contributed by atoms with Crippen molar-refractivity contribution in [1.29, 1.82) is 0 Å². The van der Waals surface area contributed by atoms with Gasteiger partial charge in [-0.3, -0.25) is 4.55 Å². The van der Waals surface area contributed by atoms with Gasteiger partial charge in [-0.1, -0.05) is 5.04 Å². The molecular weight excluding hydrogens is 430 g/mol. The summed E-state index contributed by atoms with van der Waals surface area (Å²) in [6, 6.07) is -1.48. The average molecular weight is 449 g/mol. The highest BCUT2D eigenvalue weighted by Crippen LogP contribution is 2.29. The molecule has 0 saturated carbocycles. The smallest absolute Gasteiger partial charge is 0.397 e. The molecule has 0 aromatic rings. The summed E-state index contributed by atoms with van der Waals surface area (Å²) >= 11 is 0. The van der Waals surface area contributed by atoms with Crippen molar-refractivity contribution >= 4 is 16.4 Å². The molecule has 2 rings (SSSR count). The molecule has 1 fully saturated rings. The van der Waals surface area contributed by atoms with Crippen molar-refractivity contribution in [3.05, 3.63) is 11.8 Å². The number of nitrogens with two attached hydrogens (primary N) is 1. The van der Waals surface area contributed by atoms with Crippen molar-refractivity contribution < 1.29 is 71.8 Å². The maximum Gasteiger partial charge on any atom is 0.397 e. The van der Waals surface area contributed by atoms with E-state index in [1.165, 1.54) is 0 Å². The Hall–Kier alpha value is -1.48. The molecule has 0 spiro atoms. The first-order valence-electron chi connectivity index (χ1n) is 7.75. The van der Waals surface area contributed by atoms with Crippen LogP contribution in [0, 0.1) is 0 Å². The minimum atomic E-state index is -4.96. The van der Waals surface area contributed by atoms with Crippen molar-refractivity contribution in [3.8, 4) is 0 Å². The molecule has 8 N–H and O–H groups in total. The van der Waals surface area contributed by atoms with E-state index in [1.54, 1.807) is 0 Å². The van der Waals surface area contributed by atoms with Crippen LogP contribution < -0.4 is 5.73 Å². The average Bonchev–Trinajstić information content (AvgIpc) is 2.62. The Labute approximate surface area is 162 Å². The van der Waals surface area contributed by atoms with Gasteiger partial charge in [0.15, 0.2) is 6.29 Å². The van der Waals surface area contributed by atoms with Crippen LogP contribution in [0.4, 0.5) is 0 Å². The number of hydrogen-bond acceptors (Lipinski definition) is 14. The fraction of sp³-hybridized carbons (Fsp3) is 0.750. The molecule has 0 aliphatic carbocycles. The van der Waals surface area contributed by atoms with Crippen LogP contribution in [-0.2, 0) is 43.5 Å². The Morgan fingerprint density at radius 1 is 1.24 bits per heavy atom. The molecular formula is C12H19NO15S. The highest BCUT2D eigenvalue weighted by atomic mass is 32.3. The standard InChI is InChI=1S/C12H19NO15S/c13-6-9(27-28-19)8(5(24-11(6)18)2-23-29(20,21)22)26-12-7(15)3(14)1-4(25-12)10(16)17/h1,3,5-9,11-12,14-15,18-19H,2,13H2,(H,16,17)(H,20,21,22)/t3-,5?,6?,7?,8+,9+,11?,12-/m0/s1. The molecule has 8 atom stereocenters. The summed E-state index contributed by atoms with van der Waals surface area (Å²) in [5.74, 6) is -2.38.